The zero-order valence-corrected chi connectivity index (χ0v) is 8.27. The monoisotopic (exact) mass is 218 g/mol. The molecule has 0 aromatic rings. The summed E-state index contributed by atoms with van der Waals surface area (Å²) in [4.78, 5) is 32.1. The fourth-order valence-corrected chi connectivity index (χ4v) is 0.796. The summed E-state index contributed by atoms with van der Waals surface area (Å²) >= 11 is 0. The van der Waals surface area contributed by atoms with Crippen LogP contribution in [0, 0.1) is 5.92 Å². The van der Waals surface area contributed by atoms with Crippen molar-refractivity contribution in [1.82, 2.24) is 5.32 Å². The van der Waals surface area contributed by atoms with Gasteiger partial charge in [0.25, 0.3) is 0 Å². The van der Waals surface area contributed by atoms with Crippen molar-refractivity contribution in [1.29, 1.82) is 0 Å². The van der Waals surface area contributed by atoms with Gasteiger partial charge >= 0.3 is 11.9 Å². The molecule has 7 heteroatoms. The van der Waals surface area contributed by atoms with E-state index in [9.17, 15) is 14.4 Å². The third-order valence-electron chi connectivity index (χ3n) is 1.79. The summed E-state index contributed by atoms with van der Waals surface area (Å²) in [5.41, 5.74) is 5.20. The van der Waals surface area contributed by atoms with Crippen LogP contribution in [0.25, 0.3) is 0 Å². The van der Waals surface area contributed by atoms with Crippen molar-refractivity contribution in [3.8, 4) is 0 Å². The van der Waals surface area contributed by atoms with Crippen molar-refractivity contribution in [2.45, 2.75) is 19.4 Å². The number of carboxylic acid groups (broad SMARTS) is 2. The van der Waals surface area contributed by atoms with Crippen LogP contribution >= 0.6 is 0 Å². The van der Waals surface area contributed by atoms with Crippen LogP contribution in [-0.2, 0) is 14.4 Å². The van der Waals surface area contributed by atoms with Gasteiger partial charge < -0.3 is 21.3 Å². The Morgan fingerprint density at radius 1 is 1.33 bits per heavy atom. The molecule has 0 saturated heterocycles. The maximum Gasteiger partial charge on any atom is 0.326 e. The second-order valence-corrected chi connectivity index (χ2v) is 3.13. The van der Waals surface area contributed by atoms with Crippen LogP contribution in [0.2, 0.25) is 0 Å². The minimum absolute atomic E-state index is 0.0746. The average molecular weight is 218 g/mol. The lowest BCUT2D eigenvalue weighted by molar-refractivity contribution is -0.147. The van der Waals surface area contributed by atoms with Crippen molar-refractivity contribution >= 4 is 17.8 Å². The molecular weight excluding hydrogens is 204 g/mol. The number of carbonyl (C=O) groups is 3. The largest absolute Gasteiger partial charge is 0.481 e. The SMILES string of the molecule is CC(CN)C(=O)NC(CC(=O)O)C(=O)O. The lowest BCUT2D eigenvalue weighted by atomic mass is 10.1. The van der Waals surface area contributed by atoms with Crippen LogP contribution in [0.3, 0.4) is 0 Å². The van der Waals surface area contributed by atoms with Gasteiger partial charge in [-0.25, -0.2) is 4.79 Å². The second kappa shape index (κ2) is 5.97. The van der Waals surface area contributed by atoms with Gasteiger partial charge in [-0.05, 0) is 0 Å². The molecule has 0 fully saturated rings. The number of carbonyl (C=O) groups excluding carboxylic acids is 1. The second-order valence-electron chi connectivity index (χ2n) is 3.13. The van der Waals surface area contributed by atoms with E-state index in [1.807, 2.05) is 0 Å². The van der Waals surface area contributed by atoms with E-state index in [1.54, 1.807) is 0 Å². The Labute approximate surface area is 86.3 Å². The molecule has 0 rings (SSSR count). The van der Waals surface area contributed by atoms with Crippen LogP contribution in [0.15, 0.2) is 0 Å². The Morgan fingerprint density at radius 3 is 2.20 bits per heavy atom. The summed E-state index contributed by atoms with van der Waals surface area (Å²) in [6, 6.07) is -1.41. The molecule has 0 saturated carbocycles. The number of nitrogens with one attached hydrogen (secondary N) is 1. The summed E-state index contributed by atoms with van der Waals surface area (Å²) in [6.45, 7) is 1.60. The maximum absolute atomic E-state index is 11.2. The molecule has 0 aliphatic carbocycles. The molecule has 0 spiro atoms. The highest BCUT2D eigenvalue weighted by molar-refractivity contribution is 5.87. The number of nitrogens with two attached hydrogens (primary N) is 1. The first kappa shape index (κ1) is 13.4. The van der Waals surface area contributed by atoms with Gasteiger partial charge in [-0.3, -0.25) is 9.59 Å². The Bertz CT molecular complexity index is 266. The van der Waals surface area contributed by atoms with Gasteiger partial charge in [0.1, 0.15) is 6.04 Å². The molecule has 7 nitrogen and oxygen atoms in total. The highest BCUT2D eigenvalue weighted by Gasteiger charge is 2.24. The Hall–Kier alpha value is -1.63. The molecule has 0 bridgehead atoms. The third kappa shape index (κ3) is 4.96. The fraction of sp³-hybridized carbons (Fsp3) is 0.625. The summed E-state index contributed by atoms with van der Waals surface area (Å²) < 4.78 is 0. The molecule has 2 unspecified atom stereocenters. The molecule has 86 valence electrons. The van der Waals surface area contributed by atoms with Gasteiger partial charge in [-0.2, -0.15) is 0 Å². The van der Waals surface area contributed by atoms with E-state index in [2.05, 4.69) is 5.32 Å². The molecular formula is C8H14N2O5. The van der Waals surface area contributed by atoms with Gasteiger partial charge in [0.15, 0.2) is 0 Å². The Balaban J connectivity index is 4.35. The minimum atomic E-state index is -1.41. The molecule has 0 aliphatic rings. The number of amides is 1. The van der Waals surface area contributed by atoms with Crippen LogP contribution in [-0.4, -0.2) is 40.6 Å². The van der Waals surface area contributed by atoms with E-state index < -0.39 is 36.2 Å². The predicted molar refractivity (Wildman–Crippen MR) is 50.0 cm³/mol. The Kier molecular flexibility index (Phi) is 5.32. The van der Waals surface area contributed by atoms with Crippen molar-refractivity contribution < 1.29 is 24.6 Å². The smallest absolute Gasteiger partial charge is 0.326 e. The van der Waals surface area contributed by atoms with E-state index in [4.69, 9.17) is 15.9 Å². The van der Waals surface area contributed by atoms with E-state index >= 15 is 0 Å². The minimum Gasteiger partial charge on any atom is -0.481 e. The molecule has 5 N–H and O–H groups in total. The van der Waals surface area contributed by atoms with Crippen LogP contribution in [0.4, 0.5) is 0 Å². The number of carboxylic acids is 2. The van der Waals surface area contributed by atoms with E-state index in [0.29, 0.717) is 0 Å². The molecule has 15 heavy (non-hydrogen) atoms. The first-order chi connectivity index (χ1) is 6.88. The normalized spacial score (nSPS) is 14.0. The van der Waals surface area contributed by atoms with E-state index in [-0.39, 0.29) is 6.54 Å². The lowest BCUT2D eigenvalue weighted by Gasteiger charge is -2.15. The van der Waals surface area contributed by atoms with Gasteiger partial charge in [0.05, 0.1) is 6.42 Å². The Morgan fingerprint density at radius 2 is 1.87 bits per heavy atom. The molecule has 1 amide bonds. The van der Waals surface area contributed by atoms with Crippen LogP contribution in [0.1, 0.15) is 13.3 Å². The quantitative estimate of drug-likeness (QED) is 0.435. The predicted octanol–water partition coefficient (Wildman–Crippen LogP) is -1.37. The topological polar surface area (TPSA) is 130 Å². The first-order valence-corrected chi connectivity index (χ1v) is 4.33. The standard InChI is InChI=1S/C8H14N2O5/c1-4(3-9)7(13)10-5(8(14)15)2-6(11)12/h4-5H,2-3,9H2,1H3,(H,10,13)(H,11,12)(H,14,15). The molecule has 0 heterocycles. The lowest BCUT2D eigenvalue weighted by Crippen LogP contribution is -2.45. The highest BCUT2D eigenvalue weighted by Crippen LogP contribution is 1.97. The third-order valence-corrected chi connectivity index (χ3v) is 1.79. The maximum atomic E-state index is 11.2. The van der Waals surface area contributed by atoms with Crippen molar-refractivity contribution in [3.05, 3.63) is 0 Å². The average Bonchev–Trinajstić information content (AvgIpc) is 2.14. The van der Waals surface area contributed by atoms with Crippen LogP contribution in [0.5, 0.6) is 0 Å². The van der Waals surface area contributed by atoms with E-state index in [0.717, 1.165) is 0 Å². The molecule has 0 aromatic heterocycles. The zero-order valence-electron chi connectivity index (χ0n) is 8.27. The first-order valence-electron chi connectivity index (χ1n) is 4.33. The molecule has 0 aromatic carbocycles. The molecule has 0 radical (unpaired) electrons. The summed E-state index contributed by atoms with van der Waals surface area (Å²) in [5.74, 6) is -3.77. The van der Waals surface area contributed by atoms with Gasteiger partial charge in [0, 0.05) is 12.5 Å². The van der Waals surface area contributed by atoms with Gasteiger partial charge in [0.2, 0.25) is 5.91 Å². The van der Waals surface area contributed by atoms with Crippen molar-refractivity contribution in [2.75, 3.05) is 6.54 Å². The summed E-state index contributed by atoms with van der Waals surface area (Å²) in [5, 5.41) is 19.1. The molecule has 0 aliphatic heterocycles. The summed E-state index contributed by atoms with van der Waals surface area (Å²) in [7, 11) is 0. The van der Waals surface area contributed by atoms with E-state index in [1.165, 1.54) is 6.92 Å². The molecule has 2 atom stereocenters. The number of hydrogen-bond acceptors (Lipinski definition) is 4. The van der Waals surface area contributed by atoms with Gasteiger partial charge in [-0.15, -0.1) is 0 Å². The number of hydrogen-bond donors (Lipinski definition) is 4. The fourth-order valence-electron chi connectivity index (χ4n) is 0.796. The number of rotatable bonds is 6. The highest BCUT2D eigenvalue weighted by atomic mass is 16.4. The van der Waals surface area contributed by atoms with Gasteiger partial charge in [-0.1, -0.05) is 6.92 Å². The summed E-state index contributed by atoms with van der Waals surface area (Å²) in [6.07, 6.45) is -0.654. The number of aliphatic carboxylic acids is 2. The van der Waals surface area contributed by atoms with Crippen LogP contribution < -0.4 is 11.1 Å². The zero-order chi connectivity index (χ0) is 12.0. The van der Waals surface area contributed by atoms with Crippen molar-refractivity contribution in [2.24, 2.45) is 11.7 Å². The van der Waals surface area contributed by atoms with Crippen molar-refractivity contribution in [3.63, 3.8) is 0 Å².